The first-order valence-corrected chi connectivity index (χ1v) is 11.8. The van der Waals surface area contributed by atoms with Crippen molar-refractivity contribution < 1.29 is 18.3 Å². The van der Waals surface area contributed by atoms with Gasteiger partial charge >= 0.3 is 6.09 Å². The molecule has 4 rings (SSSR count). The molecule has 1 aromatic carbocycles. The minimum Gasteiger partial charge on any atom is -0.465 e. The fourth-order valence-electron chi connectivity index (χ4n) is 3.63. The Morgan fingerprint density at radius 2 is 2.00 bits per heavy atom. The number of hydrogen-bond acceptors (Lipinski definition) is 5. The fraction of sp³-hybridized carbons (Fsp3) is 0.250. The fourth-order valence-corrected chi connectivity index (χ4v) is 5.92. The van der Waals surface area contributed by atoms with Gasteiger partial charge in [-0.15, -0.1) is 0 Å². The molecule has 30 heavy (non-hydrogen) atoms. The van der Waals surface area contributed by atoms with Crippen molar-refractivity contribution >= 4 is 55.3 Å². The summed E-state index contributed by atoms with van der Waals surface area (Å²) in [5, 5.41) is 12.2. The zero-order valence-electron chi connectivity index (χ0n) is 16.0. The molecule has 3 aromatic rings. The maximum absolute atomic E-state index is 13.2. The van der Waals surface area contributed by atoms with E-state index in [9.17, 15) is 13.2 Å². The van der Waals surface area contributed by atoms with Crippen LogP contribution >= 0.6 is 22.6 Å². The van der Waals surface area contributed by atoms with Gasteiger partial charge in [-0.05, 0) is 66.5 Å². The van der Waals surface area contributed by atoms with Gasteiger partial charge in [0, 0.05) is 9.77 Å². The van der Waals surface area contributed by atoms with Gasteiger partial charge in [-0.2, -0.15) is 0 Å². The molecule has 10 heteroatoms. The van der Waals surface area contributed by atoms with Crippen LogP contribution in [0, 0.1) is 10.5 Å². The number of carbonyl (C=O) groups is 1. The molecule has 1 atom stereocenters. The summed E-state index contributed by atoms with van der Waals surface area (Å²) in [6.07, 6.45) is 5.94. The van der Waals surface area contributed by atoms with Gasteiger partial charge < -0.3 is 10.4 Å². The van der Waals surface area contributed by atoms with Gasteiger partial charge in [-0.25, -0.2) is 27.2 Å². The van der Waals surface area contributed by atoms with E-state index in [-0.39, 0.29) is 10.9 Å². The van der Waals surface area contributed by atoms with E-state index in [1.165, 1.54) is 10.3 Å². The average Bonchev–Trinajstić information content (AvgIpc) is 3.06. The highest BCUT2D eigenvalue weighted by Gasteiger charge is 2.25. The van der Waals surface area contributed by atoms with Crippen LogP contribution in [0.5, 0.6) is 0 Å². The predicted octanol–water partition coefficient (Wildman–Crippen LogP) is 3.78. The molecule has 156 valence electrons. The molecule has 2 N–H and O–H groups in total. The van der Waals surface area contributed by atoms with Crippen LogP contribution in [0.25, 0.3) is 16.6 Å². The van der Waals surface area contributed by atoms with Crippen molar-refractivity contribution in [2.24, 2.45) is 0 Å². The predicted molar refractivity (Wildman–Crippen MR) is 121 cm³/mol. The van der Waals surface area contributed by atoms with Crippen LogP contribution in [0.2, 0.25) is 0 Å². The maximum atomic E-state index is 13.2. The van der Waals surface area contributed by atoms with Crippen molar-refractivity contribution in [3.05, 3.63) is 57.7 Å². The Balaban J connectivity index is 1.85. The molecule has 0 bridgehead atoms. The Hall–Kier alpha value is -2.47. The normalized spacial score (nSPS) is 17.0. The monoisotopic (exact) mass is 538 g/mol. The van der Waals surface area contributed by atoms with Crippen molar-refractivity contribution in [3.63, 3.8) is 0 Å². The number of amides is 1. The van der Waals surface area contributed by atoms with E-state index in [0.717, 1.165) is 24.0 Å². The molecule has 1 amide bonds. The molecule has 0 saturated heterocycles. The van der Waals surface area contributed by atoms with Gasteiger partial charge in [-0.3, -0.25) is 0 Å². The molecular formula is C20H19IN4O4S. The second kappa shape index (κ2) is 7.99. The summed E-state index contributed by atoms with van der Waals surface area (Å²) >= 11 is 2.09. The van der Waals surface area contributed by atoms with Crippen molar-refractivity contribution in [2.45, 2.75) is 37.1 Å². The number of halogens is 1. The zero-order valence-corrected chi connectivity index (χ0v) is 19.0. The smallest absolute Gasteiger partial charge is 0.405 e. The number of hydrogen-bond donors (Lipinski definition) is 2. The largest absolute Gasteiger partial charge is 0.465 e. The van der Waals surface area contributed by atoms with Crippen molar-refractivity contribution in [2.75, 3.05) is 0 Å². The maximum Gasteiger partial charge on any atom is 0.405 e. The van der Waals surface area contributed by atoms with Crippen LogP contribution in [-0.4, -0.2) is 39.6 Å². The molecule has 1 unspecified atom stereocenters. The summed E-state index contributed by atoms with van der Waals surface area (Å²) in [4.78, 5) is 19.9. The summed E-state index contributed by atoms with van der Waals surface area (Å²) < 4.78 is 28.4. The molecule has 1 aliphatic carbocycles. The van der Waals surface area contributed by atoms with Crippen LogP contribution in [0.1, 0.15) is 30.5 Å². The lowest BCUT2D eigenvalue weighted by Crippen LogP contribution is -2.33. The Kier molecular flexibility index (Phi) is 5.53. The van der Waals surface area contributed by atoms with Crippen LogP contribution in [0.4, 0.5) is 4.79 Å². The minimum atomic E-state index is -3.82. The lowest BCUT2D eigenvalue weighted by atomic mass is 9.92. The van der Waals surface area contributed by atoms with E-state index >= 15 is 0 Å². The van der Waals surface area contributed by atoms with E-state index < -0.39 is 16.1 Å². The summed E-state index contributed by atoms with van der Waals surface area (Å²) in [6, 6.07) is 6.38. The van der Waals surface area contributed by atoms with Gasteiger partial charge in [-0.1, -0.05) is 23.8 Å². The van der Waals surface area contributed by atoms with Crippen molar-refractivity contribution in [1.29, 1.82) is 0 Å². The molecule has 2 aromatic heterocycles. The number of allylic oxidation sites excluding steroid dienone is 1. The number of nitrogens with zero attached hydrogens (tertiary/aromatic N) is 3. The van der Waals surface area contributed by atoms with Crippen LogP contribution in [0.3, 0.4) is 0 Å². The summed E-state index contributed by atoms with van der Waals surface area (Å²) in [7, 11) is -3.82. The van der Waals surface area contributed by atoms with E-state index in [2.05, 4.69) is 37.9 Å². The zero-order chi connectivity index (χ0) is 21.5. The van der Waals surface area contributed by atoms with Gasteiger partial charge in [0.05, 0.1) is 22.0 Å². The van der Waals surface area contributed by atoms with Crippen molar-refractivity contribution in [1.82, 2.24) is 19.3 Å². The number of nitrogens with one attached hydrogen (secondary N) is 1. The lowest BCUT2D eigenvalue weighted by Gasteiger charge is -2.21. The number of carboxylic acid groups (broad SMARTS) is 1. The first kappa shape index (κ1) is 20.8. The Labute approximate surface area is 187 Å². The Morgan fingerprint density at radius 3 is 2.70 bits per heavy atom. The topological polar surface area (TPSA) is 114 Å². The quantitative estimate of drug-likeness (QED) is 0.489. The van der Waals surface area contributed by atoms with Crippen LogP contribution in [-0.2, 0) is 10.0 Å². The lowest BCUT2D eigenvalue weighted by molar-refractivity contribution is 0.191. The Morgan fingerprint density at radius 1 is 1.27 bits per heavy atom. The number of aryl methyl sites for hydroxylation is 1. The van der Waals surface area contributed by atoms with E-state index in [4.69, 9.17) is 5.11 Å². The first-order valence-electron chi connectivity index (χ1n) is 9.31. The van der Waals surface area contributed by atoms with Gasteiger partial charge in [0.25, 0.3) is 10.0 Å². The van der Waals surface area contributed by atoms with E-state index in [1.54, 1.807) is 30.5 Å². The number of benzene rings is 1. The number of fused-ring (bicyclic) bond motifs is 1. The summed E-state index contributed by atoms with van der Waals surface area (Å²) in [6.45, 7) is 1.90. The second-order valence-electron chi connectivity index (χ2n) is 7.15. The second-order valence-corrected chi connectivity index (χ2v) is 10.1. The molecule has 0 fully saturated rings. The first-order chi connectivity index (χ1) is 14.3. The SMILES string of the molecule is Cc1ccc(S(=O)(=O)n2cc(I)c3c(C4=CC(NC(=O)O)CCC4)ncnc32)cc1. The van der Waals surface area contributed by atoms with Gasteiger partial charge in [0.1, 0.15) is 6.33 Å². The number of rotatable bonds is 4. The Bertz CT molecular complexity index is 1270. The molecule has 0 saturated carbocycles. The third kappa shape index (κ3) is 3.81. The van der Waals surface area contributed by atoms with Crippen LogP contribution in [0.15, 0.2) is 47.8 Å². The highest BCUT2D eigenvalue weighted by Crippen LogP contribution is 2.34. The molecular weight excluding hydrogens is 519 g/mol. The molecule has 0 aliphatic heterocycles. The average molecular weight is 538 g/mol. The summed E-state index contributed by atoms with van der Waals surface area (Å²) in [5.41, 5.74) is 2.80. The number of aromatic nitrogens is 3. The highest BCUT2D eigenvalue weighted by atomic mass is 127. The molecule has 1 aliphatic rings. The van der Waals surface area contributed by atoms with Gasteiger partial charge in [0.2, 0.25) is 0 Å². The van der Waals surface area contributed by atoms with Crippen molar-refractivity contribution in [3.8, 4) is 0 Å². The highest BCUT2D eigenvalue weighted by molar-refractivity contribution is 14.1. The molecule has 2 heterocycles. The van der Waals surface area contributed by atoms with E-state index in [1.807, 2.05) is 13.0 Å². The van der Waals surface area contributed by atoms with E-state index in [0.29, 0.717) is 26.7 Å². The van der Waals surface area contributed by atoms with Crippen LogP contribution < -0.4 is 5.32 Å². The third-order valence-corrected chi connectivity index (χ3v) is 7.54. The standard InChI is InChI=1S/C20H19IN4O4S/c1-12-5-7-15(8-6-12)30(28,29)25-10-16(21)17-18(22-11-23-19(17)25)13-3-2-4-14(9-13)24-20(26)27/h5-11,14,24H,2-4H2,1H3,(H,26,27). The molecule has 0 radical (unpaired) electrons. The molecule has 8 nitrogen and oxygen atoms in total. The van der Waals surface area contributed by atoms with Gasteiger partial charge in [0.15, 0.2) is 5.65 Å². The minimum absolute atomic E-state index is 0.184. The third-order valence-electron chi connectivity index (χ3n) is 5.06. The molecule has 0 spiro atoms. The summed E-state index contributed by atoms with van der Waals surface area (Å²) in [5.74, 6) is 0.